The number of benzene rings is 1. The van der Waals surface area contributed by atoms with E-state index in [-0.39, 0.29) is 0 Å². The average Bonchev–Trinajstić information content (AvgIpc) is 2.32. The number of nitrogens with zero attached hydrogens (tertiary/aromatic N) is 2. The van der Waals surface area contributed by atoms with Gasteiger partial charge in [0, 0.05) is 36.7 Å². The van der Waals surface area contributed by atoms with E-state index in [4.69, 9.17) is 4.74 Å². The van der Waals surface area contributed by atoms with Gasteiger partial charge in [-0.1, -0.05) is 22.0 Å². The second kappa shape index (κ2) is 6.55. The van der Waals surface area contributed by atoms with Crippen molar-refractivity contribution in [2.24, 2.45) is 0 Å². The molecule has 4 heteroatoms. The van der Waals surface area contributed by atoms with E-state index in [9.17, 15) is 0 Å². The van der Waals surface area contributed by atoms with Crippen LogP contribution in [0.15, 0.2) is 28.7 Å². The van der Waals surface area contributed by atoms with Gasteiger partial charge in [-0.2, -0.15) is 0 Å². The van der Waals surface area contributed by atoms with Crippen molar-refractivity contribution in [3.63, 3.8) is 0 Å². The highest BCUT2D eigenvalue weighted by molar-refractivity contribution is 9.10. The lowest BCUT2D eigenvalue weighted by atomic mass is 10.2. The van der Waals surface area contributed by atoms with E-state index in [1.807, 2.05) is 24.3 Å². The summed E-state index contributed by atoms with van der Waals surface area (Å²) >= 11 is 3.45. The van der Waals surface area contributed by atoms with Crippen LogP contribution in [-0.2, 0) is 0 Å². The summed E-state index contributed by atoms with van der Waals surface area (Å²) in [4.78, 5) is 4.88. The van der Waals surface area contributed by atoms with Crippen LogP contribution in [0.4, 0.5) is 0 Å². The molecule has 1 aromatic carbocycles. The molecule has 1 aliphatic heterocycles. The minimum Gasteiger partial charge on any atom is -0.492 e. The Balaban J connectivity index is 1.75. The first-order valence-electron chi connectivity index (χ1n) is 6.46. The Bertz CT molecular complexity index is 386. The van der Waals surface area contributed by atoms with Crippen LogP contribution in [0, 0.1) is 0 Å². The number of rotatable bonds is 4. The molecule has 0 amide bonds. The predicted octanol–water partition coefficient (Wildman–Crippen LogP) is 2.46. The number of piperazine rings is 1. The SMILES string of the molecule is CC1CN(C)CCN1CCOc1cccc(Br)c1. The first-order chi connectivity index (χ1) is 8.65. The summed E-state index contributed by atoms with van der Waals surface area (Å²) in [5, 5.41) is 0. The van der Waals surface area contributed by atoms with Crippen LogP contribution in [0.5, 0.6) is 5.75 Å². The van der Waals surface area contributed by atoms with E-state index in [1.54, 1.807) is 0 Å². The second-order valence-electron chi connectivity index (χ2n) is 4.95. The van der Waals surface area contributed by atoms with E-state index in [0.29, 0.717) is 6.04 Å². The number of ether oxygens (including phenoxy) is 1. The molecule has 0 spiro atoms. The van der Waals surface area contributed by atoms with Gasteiger partial charge in [0.15, 0.2) is 0 Å². The van der Waals surface area contributed by atoms with Gasteiger partial charge >= 0.3 is 0 Å². The van der Waals surface area contributed by atoms with Crippen LogP contribution in [0.3, 0.4) is 0 Å². The summed E-state index contributed by atoms with van der Waals surface area (Å²) in [6.07, 6.45) is 0. The molecule has 0 bridgehead atoms. The molecule has 1 aliphatic rings. The van der Waals surface area contributed by atoms with Gasteiger partial charge in [0.2, 0.25) is 0 Å². The largest absolute Gasteiger partial charge is 0.492 e. The number of likely N-dealkylation sites (N-methyl/N-ethyl adjacent to an activating group) is 1. The Kier molecular flexibility index (Phi) is 5.03. The van der Waals surface area contributed by atoms with Gasteiger partial charge in [-0.15, -0.1) is 0 Å². The molecule has 1 atom stereocenters. The fourth-order valence-corrected chi connectivity index (χ4v) is 2.73. The molecule has 2 rings (SSSR count). The summed E-state index contributed by atoms with van der Waals surface area (Å²) in [6.45, 7) is 7.48. The maximum absolute atomic E-state index is 5.78. The Morgan fingerprint density at radius 1 is 1.39 bits per heavy atom. The minimum atomic E-state index is 0.620. The third-order valence-corrected chi connectivity index (χ3v) is 3.90. The fraction of sp³-hybridized carbons (Fsp3) is 0.571. The summed E-state index contributed by atoms with van der Waals surface area (Å²) < 4.78 is 6.84. The average molecular weight is 313 g/mol. The van der Waals surface area contributed by atoms with Crippen molar-refractivity contribution in [2.75, 3.05) is 39.8 Å². The van der Waals surface area contributed by atoms with Crippen molar-refractivity contribution in [2.45, 2.75) is 13.0 Å². The van der Waals surface area contributed by atoms with Gasteiger partial charge in [0.25, 0.3) is 0 Å². The lowest BCUT2D eigenvalue weighted by Gasteiger charge is -2.38. The molecule has 100 valence electrons. The fourth-order valence-electron chi connectivity index (χ4n) is 2.35. The van der Waals surface area contributed by atoms with Crippen LogP contribution >= 0.6 is 15.9 Å². The van der Waals surface area contributed by atoms with Crippen molar-refractivity contribution >= 4 is 15.9 Å². The van der Waals surface area contributed by atoms with Gasteiger partial charge in [0.1, 0.15) is 12.4 Å². The van der Waals surface area contributed by atoms with Gasteiger partial charge < -0.3 is 9.64 Å². The molecule has 1 fully saturated rings. The molecule has 18 heavy (non-hydrogen) atoms. The van der Waals surface area contributed by atoms with Crippen LogP contribution in [0.2, 0.25) is 0 Å². The van der Waals surface area contributed by atoms with E-state index in [0.717, 1.165) is 43.0 Å². The highest BCUT2D eigenvalue weighted by atomic mass is 79.9. The zero-order chi connectivity index (χ0) is 13.0. The van der Waals surface area contributed by atoms with Gasteiger partial charge in [-0.05, 0) is 32.2 Å². The van der Waals surface area contributed by atoms with Crippen molar-refractivity contribution in [3.05, 3.63) is 28.7 Å². The summed E-state index contributed by atoms with van der Waals surface area (Å²) in [5.41, 5.74) is 0. The highest BCUT2D eigenvalue weighted by Crippen LogP contribution is 2.17. The molecular formula is C14H21BrN2O. The predicted molar refractivity (Wildman–Crippen MR) is 78.2 cm³/mol. The first-order valence-corrected chi connectivity index (χ1v) is 7.25. The number of hydrogen-bond acceptors (Lipinski definition) is 3. The summed E-state index contributed by atoms with van der Waals surface area (Å²) in [7, 11) is 2.19. The van der Waals surface area contributed by atoms with Crippen molar-refractivity contribution in [1.29, 1.82) is 0 Å². The topological polar surface area (TPSA) is 15.7 Å². The molecule has 1 saturated heterocycles. The molecule has 0 aliphatic carbocycles. The molecule has 1 aromatic rings. The monoisotopic (exact) mass is 312 g/mol. The van der Waals surface area contributed by atoms with E-state index < -0.39 is 0 Å². The third-order valence-electron chi connectivity index (χ3n) is 3.41. The second-order valence-corrected chi connectivity index (χ2v) is 5.87. The van der Waals surface area contributed by atoms with Gasteiger partial charge in [-0.25, -0.2) is 0 Å². The Hall–Kier alpha value is -0.580. The van der Waals surface area contributed by atoms with E-state index in [1.165, 1.54) is 0 Å². The lowest BCUT2D eigenvalue weighted by molar-refractivity contribution is 0.0858. The smallest absolute Gasteiger partial charge is 0.120 e. The van der Waals surface area contributed by atoms with Crippen molar-refractivity contribution in [3.8, 4) is 5.75 Å². The molecule has 0 aromatic heterocycles. The quantitative estimate of drug-likeness (QED) is 0.849. The summed E-state index contributed by atoms with van der Waals surface area (Å²) in [6, 6.07) is 8.63. The zero-order valence-corrected chi connectivity index (χ0v) is 12.7. The number of hydrogen-bond donors (Lipinski definition) is 0. The summed E-state index contributed by atoms with van der Waals surface area (Å²) in [5.74, 6) is 0.936. The molecule has 1 heterocycles. The standard InChI is InChI=1S/C14H21BrN2O/c1-12-11-16(2)6-7-17(12)8-9-18-14-5-3-4-13(15)10-14/h3-5,10,12H,6-9,11H2,1-2H3. The Morgan fingerprint density at radius 3 is 2.94 bits per heavy atom. The van der Waals surface area contributed by atoms with Crippen LogP contribution < -0.4 is 4.74 Å². The maximum Gasteiger partial charge on any atom is 0.120 e. The van der Waals surface area contributed by atoms with E-state index in [2.05, 4.69) is 39.7 Å². The first kappa shape index (κ1) is 13.8. The maximum atomic E-state index is 5.78. The molecular weight excluding hydrogens is 292 g/mol. The lowest BCUT2D eigenvalue weighted by Crippen LogP contribution is -2.51. The molecule has 0 radical (unpaired) electrons. The van der Waals surface area contributed by atoms with Gasteiger partial charge in [-0.3, -0.25) is 4.90 Å². The molecule has 3 nitrogen and oxygen atoms in total. The highest BCUT2D eigenvalue weighted by Gasteiger charge is 2.20. The third kappa shape index (κ3) is 3.97. The van der Waals surface area contributed by atoms with Crippen LogP contribution in [0.1, 0.15) is 6.92 Å². The Morgan fingerprint density at radius 2 is 2.22 bits per heavy atom. The zero-order valence-electron chi connectivity index (χ0n) is 11.1. The normalized spacial score (nSPS) is 22.1. The molecule has 0 saturated carbocycles. The molecule has 0 N–H and O–H groups in total. The number of halogens is 1. The van der Waals surface area contributed by atoms with Crippen LogP contribution in [0.25, 0.3) is 0 Å². The van der Waals surface area contributed by atoms with E-state index >= 15 is 0 Å². The van der Waals surface area contributed by atoms with Gasteiger partial charge in [0.05, 0.1) is 0 Å². The van der Waals surface area contributed by atoms with Crippen molar-refractivity contribution in [1.82, 2.24) is 9.80 Å². The van der Waals surface area contributed by atoms with Crippen LogP contribution in [-0.4, -0.2) is 55.7 Å². The van der Waals surface area contributed by atoms with Crippen molar-refractivity contribution < 1.29 is 4.74 Å². The molecule has 1 unspecified atom stereocenters. The Labute approximate surface area is 118 Å². The minimum absolute atomic E-state index is 0.620.